The zero-order chi connectivity index (χ0) is 12.6. The van der Waals surface area contributed by atoms with Crippen molar-refractivity contribution in [1.82, 2.24) is 4.90 Å². The molecule has 0 saturated heterocycles. The molecule has 0 spiro atoms. The van der Waals surface area contributed by atoms with E-state index < -0.39 is 27.1 Å². The molecule has 0 atom stereocenters. The molecule has 15 heavy (non-hydrogen) atoms. The lowest BCUT2D eigenvalue weighted by Crippen LogP contribution is -2.27. The first-order valence-corrected chi connectivity index (χ1v) is 4.48. The standard InChI is InChI=1S/C5H8F3NO2.HO3P/c1-9(2)4(10)11-3-5(6,7)8;1-4(2)3/h3H2,1-2H3;(H-,1,2,3)/p+1. The van der Waals surface area contributed by atoms with Crippen LogP contribution < -0.4 is 0 Å². The lowest BCUT2D eigenvalue weighted by atomic mass is 10.7. The summed E-state index contributed by atoms with van der Waals surface area (Å²) in [6, 6.07) is 0. The minimum atomic E-state index is -4.45. The SMILES string of the molecule is CN(C)C(=O)OCC(F)(F)F.O=[P+](O)O. The van der Waals surface area contributed by atoms with Crippen molar-refractivity contribution in [3.63, 3.8) is 0 Å². The van der Waals surface area contributed by atoms with Gasteiger partial charge >= 0.3 is 20.5 Å². The Balaban J connectivity index is 0. The second kappa shape index (κ2) is 7.38. The molecular formula is C5H10F3NO5P+. The van der Waals surface area contributed by atoms with Crippen molar-refractivity contribution in [2.45, 2.75) is 6.18 Å². The lowest BCUT2D eigenvalue weighted by Gasteiger charge is -2.11. The molecule has 0 aliphatic rings. The Labute approximate surface area is 84.2 Å². The van der Waals surface area contributed by atoms with Gasteiger partial charge in [-0.1, -0.05) is 0 Å². The molecule has 0 aliphatic carbocycles. The molecule has 1 amide bonds. The van der Waals surface area contributed by atoms with E-state index in [-0.39, 0.29) is 0 Å². The number of hydrogen-bond acceptors (Lipinski definition) is 3. The third-order valence-electron chi connectivity index (χ3n) is 0.724. The van der Waals surface area contributed by atoms with Gasteiger partial charge in [0.25, 0.3) is 0 Å². The lowest BCUT2D eigenvalue weighted by molar-refractivity contribution is -0.161. The topological polar surface area (TPSA) is 87.1 Å². The molecule has 0 aliphatic heterocycles. The predicted octanol–water partition coefficient (Wildman–Crippen LogP) is 0.875. The minimum absolute atomic E-state index is 0.922. The molecule has 0 aromatic heterocycles. The first-order chi connectivity index (χ1) is 6.56. The fraction of sp³-hybridized carbons (Fsp3) is 0.800. The summed E-state index contributed by atoms with van der Waals surface area (Å²) >= 11 is 0. The van der Waals surface area contributed by atoms with Crippen LogP contribution in [-0.2, 0) is 9.30 Å². The average molecular weight is 252 g/mol. The van der Waals surface area contributed by atoms with E-state index in [2.05, 4.69) is 4.74 Å². The molecule has 90 valence electrons. The Morgan fingerprint density at radius 2 is 1.73 bits per heavy atom. The van der Waals surface area contributed by atoms with E-state index in [0.717, 1.165) is 4.90 Å². The van der Waals surface area contributed by atoms with Gasteiger partial charge in [-0.15, -0.1) is 9.79 Å². The van der Waals surface area contributed by atoms with E-state index in [9.17, 15) is 18.0 Å². The van der Waals surface area contributed by atoms with Crippen LogP contribution in [0.5, 0.6) is 0 Å². The number of carbonyl (C=O) groups excluding carboxylic acids is 1. The van der Waals surface area contributed by atoms with Gasteiger partial charge in [0, 0.05) is 18.7 Å². The zero-order valence-electron chi connectivity index (χ0n) is 7.85. The Bertz CT molecular complexity index is 215. The van der Waals surface area contributed by atoms with E-state index in [1.807, 2.05) is 0 Å². The number of hydrogen-bond donors (Lipinski definition) is 2. The Morgan fingerprint density at radius 1 is 1.40 bits per heavy atom. The molecule has 0 aromatic rings. The van der Waals surface area contributed by atoms with Crippen LogP contribution in [0.25, 0.3) is 0 Å². The van der Waals surface area contributed by atoms with Crippen molar-refractivity contribution in [1.29, 1.82) is 0 Å². The summed E-state index contributed by atoms with van der Waals surface area (Å²) in [5.74, 6) is 0. The fourth-order valence-corrected chi connectivity index (χ4v) is 0.273. The van der Waals surface area contributed by atoms with E-state index in [4.69, 9.17) is 14.4 Å². The molecule has 10 heteroatoms. The van der Waals surface area contributed by atoms with Crippen LogP contribution in [0.15, 0.2) is 0 Å². The summed E-state index contributed by atoms with van der Waals surface area (Å²) in [7, 11) is -0.262. The van der Waals surface area contributed by atoms with Gasteiger partial charge in [-0.05, 0) is 0 Å². The number of carbonyl (C=O) groups is 1. The second-order valence-electron chi connectivity index (χ2n) is 2.32. The molecule has 0 rings (SSSR count). The van der Waals surface area contributed by atoms with Crippen molar-refractivity contribution in [3.05, 3.63) is 0 Å². The van der Waals surface area contributed by atoms with Gasteiger partial charge < -0.3 is 9.64 Å². The maximum absolute atomic E-state index is 11.4. The van der Waals surface area contributed by atoms with Crippen LogP contribution in [0.3, 0.4) is 0 Å². The molecule has 2 N–H and O–H groups in total. The van der Waals surface area contributed by atoms with Gasteiger partial charge in [-0.3, -0.25) is 0 Å². The van der Waals surface area contributed by atoms with Crippen molar-refractivity contribution >= 4 is 14.3 Å². The highest BCUT2D eigenvalue weighted by Gasteiger charge is 2.29. The van der Waals surface area contributed by atoms with Crippen LogP contribution >= 0.6 is 8.25 Å². The van der Waals surface area contributed by atoms with Crippen LogP contribution in [0, 0.1) is 0 Å². The van der Waals surface area contributed by atoms with Gasteiger partial charge in [-0.25, -0.2) is 4.79 Å². The molecule has 0 bridgehead atoms. The molecule has 6 nitrogen and oxygen atoms in total. The quantitative estimate of drug-likeness (QED) is 0.676. The number of halogens is 3. The van der Waals surface area contributed by atoms with Gasteiger partial charge in [0.05, 0.1) is 0 Å². The number of rotatable bonds is 1. The molecule has 0 heterocycles. The predicted molar refractivity (Wildman–Crippen MR) is 43.1 cm³/mol. The summed E-state index contributed by atoms with van der Waals surface area (Å²) in [5.41, 5.74) is 0. The molecule has 0 saturated carbocycles. The van der Waals surface area contributed by atoms with Crippen molar-refractivity contribution in [2.24, 2.45) is 0 Å². The highest BCUT2D eigenvalue weighted by Crippen LogP contribution is 2.14. The first kappa shape index (κ1) is 16.5. The third-order valence-corrected chi connectivity index (χ3v) is 0.724. The smallest absolute Gasteiger partial charge is 0.440 e. The van der Waals surface area contributed by atoms with Crippen molar-refractivity contribution in [2.75, 3.05) is 20.7 Å². The van der Waals surface area contributed by atoms with Gasteiger partial charge in [0.2, 0.25) is 0 Å². The summed E-state index contributed by atoms with van der Waals surface area (Å²) < 4.78 is 46.7. The van der Waals surface area contributed by atoms with Gasteiger partial charge in [0.1, 0.15) is 0 Å². The largest absolute Gasteiger partial charge is 0.692 e. The molecular weight excluding hydrogens is 242 g/mol. The maximum Gasteiger partial charge on any atom is 0.692 e. The number of alkyl halides is 3. The first-order valence-electron chi connectivity index (χ1n) is 3.32. The highest BCUT2D eigenvalue weighted by molar-refractivity contribution is 7.30. The summed E-state index contributed by atoms with van der Waals surface area (Å²) in [6.45, 7) is -1.54. The number of nitrogens with zero attached hydrogens (tertiary/aromatic N) is 1. The van der Waals surface area contributed by atoms with Gasteiger partial charge in [-0.2, -0.15) is 13.2 Å². The van der Waals surface area contributed by atoms with Crippen molar-refractivity contribution < 1.29 is 37.1 Å². The van der Waals surface area contributed by atoms with Crippen LogP contribution in [-0.4, -0.2) is 47.7 Å². The van der Waals surface area contributed by atoms with Crippen molar-refractivity contribution in [3.8, 4) is 0 Å². The van der Waals surface area contributed by atoms with Crippen LogP contribution in [0.4, 0.5) is 18.0 Å². The Hall–Kier alpha value is -0.920. The summed E-state index contributed by atoms with van der Waals surface area (Å²) in [5, 5.41) is 0. The Morgan fingerprint density at radius 3 is 1.93 bits per heavy atom. The van der Waals surface area contributed by atoms with Crippen LogP contribution in [0.2, 0.25) is 0 Å². The zero-order valence-corrected chi connectivity index (χ0v) is 8.75. The molecule has 0 fully saturated rings. The number of amides is 1. The third kappa shape index (κ3) is 19.5. The van der Waals surface area contributed by atoms with E-state index in [0.29, 0.717) is 0 Å². The molecule has 0 aromatic carbocycles. The van der Waals surface area contributed by atoms with E-state index >= 15 is 0 Å². The van der Waals surface area contributed by atoms with E-state index in [1.54, 1.807) is 0 Å². The fourth-order valence-electron chi connectivity index (χ4n) is 0.273. The highest BCUT2D eigenvalue weighted by atomic mass is 31.1. The number of ether oxygens (including phenoxy) is 1. The average Bonchev–Trinajstić information content (AvgIpc) is 1.97. The second-order valence-corrected chi connectivity index (χ2v) is 2.82. The molecule has 0 radical (unpaired) electrons. The summed E-state index contributed by atoms with van der Waals surface area (Å²) in [4.78, 5) is 25.6. The maximum atomic E-state index is 11.4. The monoisotopic (exact) mass is 252 g/mol. The normalized spacial score (nSPS) is 9.80. The molecule has 0 unspecified atom stereocenters. The summed E-state index contributed by atoms with van der Waals surface area (Å²) in [6.07, 6.45) is -5.45. The van der Waals surface area contributed by atoms with Crippen LogP contribution in [0.1, 0.15) is 0 Å². The Kier molecular flexibility index (Phi) is 8.12. The minimum Gasteiger partial charge on any atom is -0.440 e. The van der Waals surface area contributed by atoms with E-state index in [1.165, 1.54) is 14.1 Å². The van der Waals surface area contributed by atoms with Gasteiger partial charge in [0.15, 0.2) is 6.61 Å².